The third kappa shape index (κ3) is 4.98. The van der Waals surface area contributed by atoms with Crippen LogP contribution in [0.5, 0.6) is 0 Å². The molecule has 0 radical (unpaired) electrons. The molecule has 2 aromatic heterocycles. The SMILES string of the molecule is c1ccc(-c2cc(-c3cc(-c4ccccc4)nc(-c4ccccc4)n3)cc(-c3cccc4c3sc3c5ccccc5ccc43)c2)cc1. The number of benzene rings is 7. The number of thiophene rings is 1. The molecular weight excluding hydrogens is 589 g/mol. The number of hydrogen-bond acceptors (Lipinski definition) is 3. The molecule has 0 bridgehead atoms. The predicted molar refractivity (Wildman–Crippen MR) is 200 cm³/mol. The summed E-state index contributed by atoms with van der Waals surface area (Å²) in [6, 6.07) is 60.2. The third-order valence-electron chi connectivity index (χ3n) is 8.86. The van der Waals surface area contributed by atoms with Crippen LogP contribution in [0.3, 0.4) is 0 Å². The van der Waals surface area contributed by atoms with Crippen molar-refractivity contribution >= 4 is 42.3 Å². The Balaban J connectivity index is 1.30. The average Bonchev–Trinajstić information content (AvgIpc) is 3.55. The molecule has 0 amide bonds. The summed E-state index contributed by atoms with van der Waals surface area (Å²) in [4.78, 5) is 10.2. The first-order valence-corrected chi connectivity index (χ1v) is 16.6. The van der Waals surface area contributed by atoms with Gasteiger partial charge in [-0.25, -0.2) is 9.97 Å². The number of hydrogen-bond donors (Lipinski definition) is 0. The summed E-state index contributed by atoms with van der Waals surface area (Å²) in [5, 5.41) is 5.17. The molecule has 3 heteroatoms. The maximum Gasteiger partial charge on any atom is 0.160 e. The lowest BCUT2D eigenvalue weighted by molar-refractivity contribution is 1.18. The summed E-state index contributed by atoms with van der Waals surface area (Å²) < 4.78 is 2.63. The van der Waals surface area contributed by atoms with Crippen LogP contribution in [0.15, 0.2) is 170 Å². The molecule has 0 aliphatic carbocycles. The van der Waals surface area contributed by atoms with Gasteiger partial charge >= 0.3 is 0 Å². The minimum Gasteiger partial charge on any atom is -0.228 e. The molecule has 0 fully saturated rings. The van der Waals surface area contributed by atoms with E-state index in [1.165, 1.54) is 47.6 Å². The number of rotatable bonds is 5. The standard InChI is InChI=1S/C44H28N2S/c1-4-13-29(14-5-1)33-25-34(37-21-12-22-38-39-24-23-30-15-10-11-20-36(30)42(39)47-43(37)38)27-35(26-33)41-28-40(31-16-6-2-7-17-31)45-44(46-41)32-18-8-3-9-19-32/h1-28H. The van der Waals surface area contributed by atoms with Crippen LogP contribution in [0.25, 0.3) is 87.1 Å². The van der Waals surface area contributed by atoms with E-state index in [0.29, 0.717) is 5.82 Å². The largest absolute Gasteiger partial charge is 0.228 e. The van der Waals surface area contributed by atoms with Crippen LogP contribution in [0.4, 0.5) is 0 Å². The van der Waals surface area contributed by atoms with Gasteiger partial charge in [0.15, 0.2) is 5.82 Å². The minimum absolute atomic E-state index is 0.715. The Kier molecular flexibility index (Phi) is 6.69. The fourth-order valence-corrected chi connectivity index (χ4v) is 7.92. The number of nitrogens with zero attached hydrogens (tertiary/aromatic N) is 2. The van der Waals surface area contributed by atoms with Gasteiger partial charge in [0.05, 0.1) is 11.4 Å². The molecular formula is C44H28N2S. The van der Waals surface area contributed by atoms with E-state index in [9.17, 15) is 0 Å². The molecule has 0 aliphatic rings. The predicted octanol–water partition coefficient (Wildman–Crippen LogP) is 12.3. The highest BCUT2D eigenvalue weighted by Gasteiger charge is 2.16. The Bertz CT molecular complexity index is 2500. The lowest BCUT2D eigenvalue weighted by atomic mass is 9.93. The summed E-state index contributed by atoms with van der Waals surface area (Å²) >= 11 is 1.89. The van der Waals surface area contributed by atoms with Crippen LogP contribution in [0.2, 0.25) is 0 Å². The van der Waals surface area contributed by atoms with Crippen molar-refractivity contribution < 1.29 is 0 Å². The quantitative estimate of drug-likeness (QED) is 0.192. The van der Waals surface area contributed by atoms with Crippen molar-refractivity contribution in [3.05, 3.63) is 170 Å². The lowest BCUT2D eigenvalue weighted by Gasteiger charge is -2.13. The van der Waals surface area contributed by atoms with E-state index in [4.69, 9.17) is 9.97 Å². The Labute approximate surface area is 277 Å². The highest BCUT2D eigenvalue weighted by atomic mass is 32.1. The van der Waals surface area contributed by atoms with Crippen molar-refractivity contribution in [2.75, 3.05) is 0 Å². The van der Waals surface area contributed by atoms with E-state index in [2.05, 4.69) is 146 Å². The molecule has 0 aliphatic heterocycles. The van der Waals surface area contributed by atoms with Crippen LogP contribution in [-0.2, 0) is 0 Å². The van der Waals surface area contributed by atoms with Crippen molar-refractivity contribution in [1.82, 2.24) is 9.97 Å². The first-order chi connectivity index (χ1) is 23.3. The summed E-state index contributed by atoms with van der Waals surface area (Å²) in [6.45, 7) is 0. The van der Waals surface area contributed by atoms with Crippen molar-refractivity contribution in [2.24, 2.45) is 0 Å². The molecule has 9 rings (SSSR count). The molecule has 2 heterocycles. The van der Waals surface area contributed by atoms with Gasteiger partial charge in [-0.05, 0) is 57.3 Å². The van der Waals surface area contributed by atoms with Crippen molar-refractivity contribution in [1.29, 1.82) is 0 Å². The molecule has 0 atom stereocenters. The molecule has 0 saturated carbocycles. The highest BCUT2D eigenvalue weighted by molar-refractivity contribution is 7.27. The third-order valence-corrected chi connectivity index (χ3v) is 10.2. The van der Waals surface area contributed by atoms with E-state index in [1.54, 1.807) is 0 Å². The zero-order chi connectivity index (χ0) is 31.2. The molecule has 9 aromatic rings. The molecule has 7 aromatic carbocycles. The molecule has 0 N–H and O–H groups in total. The molecule has 47 heavy (non-hydrogen) atoms. The first kappa shape index (κ1) is 27.4. The molecule has 220 valence electrons. The molecule has 0 spiro atoms. The van der Waals surface area contributed by atoms with Gasteiger partial charge in [-0.2, -0.15) is 0 Å². The van der Waals surface area contributed by atoms with Crippen LogP contribution < -0.4 is 0 Å². The average molecular weight is 617 g/mol. The van der Waals surface area contributed by atoms with E-state index in [-0.39, 0.29) is 0 Å². The topological polar surface area (TPSA) is 25.8 Å². The maximum atomic E-state index is 5.19. The monoisotopic (exact) mass is 616 g/mol. The van der Waals surface area contributed by atoms with E-state index < -0.39 is 0 Å². The van der Waals surface area contributed by atoms with Gasteiger partial charge < -0.3 is 0 Å². The van der Waals surface area contributed by atoms with Gasteiger partial charge in [-0.3, -0.25) is 0 Å². The van der Waals surface area contributed by atoms with Crippen LogP contribution >= 0.6 is 11.3 Å². The zero-order valence-corrected chi connectivity index (χ0v) is 26.3. The van der Waals surface area contributed by atoms with Crippen LogP contribution in [0, 0.1) is 0 Å². The second-order valence-corrected chi connectivity index (χ2v) is 12.8. The Morgan fingerprint density at radius 2 is 0.915 bits per heavy atom. The second kappa shape index (κ2) is 11.5. The number of fused-ring (bicyclic) bond motifs is 5. The summed E-state index contributed by atoms with van der Waals surface area (Å²) in [6.07, 6.45) is 0. The van der Waals surface area contributed by atoms with Gasteiger partial charge in [0.25, 0.3) is 0 Å². The van der Waals surface area contributed by atoms with Crippen molar-refractivity contribution in [3.8, 4) is 56.2 Å². The van der Waals surface area contributed by atoms with E-state index in [0.717, 1.165) is 33.6 Å². The van der Waals surface area contributed by atoms with Gasteiger partial charge in [0, 0.05) is 36.9 Å². The fourth-order valence-electron chi connectivity index (χ4n) is 6.55. The Morgan fingerprint density at radius 1 is 0.340 bits per heavy atom. The van der Waals surface area contributed by atoms with E-state index >= 15 is 0 Å². The second-order valence-electron chi connectivity index (χ2n) is 11.8. The van der Waals surface area contributed by atoms with Gasteiger partial charge in [0.1, 0.15) is 0 Å². The zero-order valence-electron chi connectivity index (χ0n) is 25.5. The smallest absolute Gasteiger partial charge is 0.160 e. The first-order valence-electron chi connectivity index (χ1n) is 15.8. The van der Waals surface area contributed by atoms with Crippen LogP contribution in [0.1, 0.15) is 0 Å². The number of aromatic nitrogens is 2. The molecule has 0 unspecified atom stereocenters. The fraction of sp³-hybridized carbons (Fsp3) is 0. The van der Waals surface area contributed by atoms with Gasteiger partial charge in [-0.15, -0.1) is 11.3 Å². The summed E-state index contributed by atoms with van der Waals surface area (Å²) in [5.41, 5.74) is 9.64. The highest BCUT2D eigenvalue weighted by Crippen LogP contribution is 2.44. The molecule has 2 nitrogen and oxygen atoms in total. The molecule has 0 saturated heterocycles. The summed E-state index contributed by atoms with van der Waals surface area (Å²) in [5.74, 6) is 0.715. The van der Waals surface area contributed by atoms with Gasteiger partial charge in [0.2, 0.25) is 0 Å². The van der Waals surface area contributed by atoms with Crippen LogP contribution in [-0.4, -0.2) is 9.97 Å². The summed E-state index contributed by atoms with van der Waals surface area (Å²) in [7, 11) is 0. The maximum absolute atomic E-state index is 5.19. The van der Waals surface area contributed by atoms with Crippen molar-refractivity contribution in [2.45, 2.75) is 0 Å². The Morgan fingerprint density at radius 3 is 1.68 bits per heavy atom. The Hall–Kier alpha value is -5.90. The van der Waals surface area contributed by atoms with Gasteiger partial charge in [-0.1, -0.05) is 146 Å². The lowest BCUT2D eigenvalue weighted by Crippen LogP contribution is -1.96. The normalized spacial score (nSPS) is 11.4. The van der Waals surface area contributed by atoms with E-state index in [1.807, 2.05) is 35.6 Å². The minimum atomic E-state index is 0.715. The van der Waals surface area contributed by atoms with Crippen molar-refractivity contribution in [3.63, 3.8) is 0 Å².